The fourth-order valence-electron chi connectivity index (χ4n) is 0.818. The lowest BCUT2D eigenvalue weighted by atomic mass is 10.3. The Morgan fingerprint density at radius 1 is 1.54 bits per heavy atom. The average molecular weight is 245 g/mol. The third kappa shape index (κ3) is 3.59. The van der Waals surface area contributed by atoms with Crippen molar-refractivity contribution in [2.45, 2.75) is 6.92 Å². The van der Waals surface area contributed by atoms with Crippen LogP contribution < -0.4 is 4.74 Å². The third-order valence-corrected chi connectivity index (χ3v) is 1.78. The molecule has 0 aliphatic heterocycles. The van der Waals surface area contributed by atoms with Gasteiger partial charge in [-0.2, -0.15) is 0 Å². The normalized spacial score (nSPS) is 9.77. The minimum absolute atomic E-state index is 0.314. The van der Waals surface area contributed by atoms with Crippen LogP contribution in [0, 0.1) is 5.82 Å². The van der Waals surface area contributed by atoms with E-state index in [9.17, 15) is 4.39 Å². The van der Waals surface area contributed by atoms with Gasteiger partial charge in [0.05, 0.1) is 0 Å². The molecular formula is C10H10BrFO. The first kappa shape index (κ1) is 10.3. The quantitative estimate of drug-likeness (QED) is 0.740. The third-order valence-electron chi connectivity index (χ3n) is 1.32. The fraction of sp³-hybridized carbons (Fsp3) is 0.200. The lowest BCUT2D eigenvalue weighted by Gasteiger charge is -2.05. The minimum Gasteiger partial charge on any atom is -0.489 e. The highest BCUT2D eigenvalue weighted by Crippen LogP contribution is 2.20. The van der Waals surface area contributed by atoms with Crippen molar-refractivity contribution in [3.05, 3.63) is 40.6 Å². The smallest absolute Gasteiger partial charge is 0.128 e. The average Bonchev–Trinajstić information content (AvgIpc) is 1.99. The van der Waals surface area contributed by atoms with Gasteiger partial charge in [0, 0.05) is 10.5 Å². The van der Waals surface area contributed by atoms with Crippen LogP contribution in [0.3, 0.4) is 0 Å². The molecule has 0 unspecified atom stereocenters. The van der Waals surface area contributed by atoms with E-state index in [2.05, 4.69) is 22.5 Å². The van der Waals surface area contributed by atoms with E-state index in [0.717, 1.165) is 5.57 Å². The Hall–Kier alpha value is -0.830. The SMILES string of the molecule is C=C(C)COc1cc(F)cc(Br)c1. The molecule has 0 aromatic heterocycles. The first-order valence-electron chi connectivity index (χ1n) is 3.81. The van der Waals surface area contributed by atoms with Gasteiger partial charge in [0.25, 0.3) is 0 Å². The number of halogens is 2. The maximum absolute atomic E-state index is 12.8. The largest absolute Gasteiger partial charge is 0.489 e. The van der Waals surface area contributed by atoms with Gasteiger partial charge in [-0.15, -0.1) is 0 Å². The van der Waals surface area contributed by atoms with Gasteiger partial charge in [0.15, 0.2) is 0 Å². The predicted octanol–water partition coefficient (Wildman–Crippen LogP) is 3.54. The molecule has 0 aliphatic carbocycles. The predicted molar refractivity (Wildman–Crippen MR) is 54.4 cm³/mol. The van der Waals surface area contributed by atoms with E-state index in [1.54, 1.807) is 6.07 Å². The Morgan fingerprint density at radius 2 is 2.23 bits per heavy atom. The van der Waals surface area contributed by atoms with Gasteiger partial charge in [-0.3, -0.25) is 0 Å². The van der Waals surface area contributed by atoms with Gasteiger partial charge >= 0.3 is 0 Å². The second kappa shape index (κ2) is 4.42. The van der Waals surface area contributed by atoms with E-state index in [1.165, 1.54) is 12.1 Å². The zero-order valence-corrected chi connectivity index (χ0v) is 8.90. The summed E-state index contributed by atoms with van der Waals surface area (Å²) < 4.78 is 18.8. The number of ether oxygens (including phenoxy) is 1. The van der Waals surface area contributed by atoms with Crippen molar-refractivity contribution >= 4 is 15.9 Å². The molecule has 0 aliphatic rings. The van der Waals surface area contributed by atoms with Gasteiger partial charge in [0.2, 0.25) is 0 Å². The molecule has 0 fully saturated rings. The van der Waals surface area contributed by atoms with E-state index in [0.29, 0.717) is 16.8 Å². The number of benzene rings is 1. The molecule has 1 rings (SSSR count). The van der Waals surface area contributed by atoms with Crippen LogP contribution in [-0.2, 0) is 0 Å². The van der Waals surface area contributed by atoms with E-state index < -0.39 is 0 Å². The monoisotopic (exact) mass is 244 g/mol. The summed E-state index contributed by atoms with van der Waals surface area (Å²) in [6.07, 6.45) is 0. The van der Waals surface area contributed by atoms with Crippen LogP contribution in [0.25, 0.3) is 0 Å². The van der Waals surface area contributed by atoms with E-state index in [1.807, 2.05) is 6.92 Å². The molecule has 1 aromatic carbocycles. The lowest BCUT2D eigenvalue weighted by molar-refractivity contribution is 0.350. The second-order valence-electron chi connectivity index (χ2n) is 2.85. The van der Waals surface area contributed by atoms with Crippen LogP contribution in [0.1, 0.15) is 6.92 Å². The number of hydrogen-bond donors (Lipinski definition) is 0. The molecule has 0 heterocycles. The number of rotatable bonds is 3. The van der Waals surface area contributed by atoms with Crippen LogP contribution >= 0.6 is 15.9 Å². The molecule has 0 saturated carbocycles. The Bertz CT molecular complexity index is 302. The van der Waals surface area contributed by atoms with Crippen LogP contribution in [-0.4, -0.2) is 6.61 Å². The van der Waals surface area contributed by atoms with E-state index >= 15 is 0 Å². The standard InChI is InChI=1S/C10H10BrFO/c1-7(2)6-13-10-4-8(11)3-9(12)5-10/h3-5H,1,6H2,2H3. The number of hydrogen-bond acceptors (Lipinski definition) is 1. The zero-order chi connectivity index (χ0) is 9.84. The molecule has 0 N–H and O–H groups in total. The molecule has 0 radical (unpaired) electrons. The second-order valence-corrected chi connectivity index (χ2v) is 3.77. The van der Waals surface area contributed by atoms with Crippen LogP contribution in [0.4, 0.5) is 4.39 Å². The van der Waals surface area contributed by atoms with Crippen LogP contribution in [0.15, 0.2) is 34.8 Å². The van der Waals surface area contributed by atoms with Crippen LogP contribution in [0.2, 0.25) is 0 Å². The highest BCUT2D eigenvalue weighted by Gasteiger charge is 1.99. The molecule has 0 saturated heterocycles. The van der Waals surface area contributed by atoms with Crippen molar-refractivity contribution < 1.29 is 9.13 Å². The van der Waals surface area contributed by atoms with Crippen molar-refractivity contribution in [3.8, 4) is 5.75 Å². The summed E-state index contributed by atoms with van der Waals surface area (Å²) in [5, 5.41) is 0. The summed E-state index contributed by atoms with van der Waals surface area (Å²) in [6, 6.07) is 4.44. The summed E-state index contributed by atoms with van der Waals surface area (Å²) in [6.45, 7) is 5.95. The molecule has 3 heteroatoms. The van der Waals surface area contributed by atoms with Crippen molar-refractivity contribution in [3.63, 3.8) is 0 Å². The summed E-state index contributed by atoms with van der Waals surface area (Å²) in [5.74, 6) is 0.195. The molecule has 0 spiro atoms. The van der Waals surface area contributed by atoms with Gasteiger partial charge in [-0.25, -0.2) is 4.39 Å². The summed E-state index contributed by atoms with van der Waals surface area (Å²) >= 11 is 3.18. The fourth-order valence-corrected chi connectivity index (χ4v) is 1.26. The van der Waals surface area contributed by atoms with Crippen LogP contribution in [0.5, 0.6) is 5.75 Å². The Morgan fingerprint density at radius 3 is 2.77 bits per heavy atom. The van der Waals surface area contributed by atoms with Crippen molar-refractivity contribution in [2.75, 3.05) is 6.61 Å². The van der Waals surface area contributed by atoms with Gasteiger partial charge in [-0.05, 0) is 24.6 Å². The molecule has 70 valence electrons. The lowest BCUT2D eigenvalue weighted by Crippen LogP contribution is -1.97. The molecule has 1 aromatic rings. The summed E-state index contributed by atoms with van der Waals surface area (Å²) in [7, 11) is 0. The molecular weight excluding hydrogens is 235 g/mol. The first-order valence-corrected chi connectivity index (χ1v) is 4.60. The molecule has 0 amide bonds. The highest BCUT2D eigenvalue weighted by molar-refractivity contribution is 9.10. The minimum atomic E-state index is -0.314. The van der Waals surface area contributed by atoms with Crippen molar-refractivity contribution in [1.82, 2.24) is 0 Å². The Labute approximate surface area is 85.3 Å². The summed E-state index contributed by atoms with van der Waals surface area (Å²) in [5.41, 5.74) is 0.903. The topological polar surface area (TPSA) is 9.23 Å². The first-order chi connectivity index (χ1) is 6.08. The highest BCUT2D eigenvalue weighted by atomic mass is 79.9. The van der Waals surface area contributed by atoms with Gasteiger partial charge < -0.3 is 4.74 Å². The van der Waals surface area contributed by atoms with E-state index in [-0.39, 0.29) is 5.82 Å². The molecule has 13 heavy (non-hydrogen) atoms. The molecule has 1 nitrogen and oxygen atoms in total. The maximum atomic E-state index is 12.8. The maximum Gasteiger partial charge on any atom is 0.128 e. The zero-order valence-electron chi connectivity index (χ0n) is 7.31. The Balaban J connectivity index is 2.71. The van der Waals surface area contributed by atoms with Crippen molar-refractivity contribution in [2.24, 2.45) is 0 Å². The van der Waals surface area contributed by atoms with E-state index in [4.69, 9.17) is 4.74 Å². The van der Waals surface area contributed by atoms with Crippen molar-refractivity contribution in [1.29, 1.82) is 0 Å². The molecule has 0 bridgehead atoms. The molecule has 0 atom stereocenters. The van der Waals surface area contributed by atoms with Gasteiger partial charge in [-0.1, -0.05) is 22.5 Å². The Kier molecular flexibility index (Phi) is 3.48. The van der Waals surface area contributed by atoms with Gasteiger partial charge in [0.1, 0.15) is 18.2 Å². The summed E-state index contributed by atoms with van der Waals surface area (Å²) in [4.78, 5) is 0.